The SMILES string of the molecule is Cc1cc(C)c2c(CN3CCC(O)(c4ccc(Cl)c(C(F)(F)F)c4)CC3)c[nH]c2c1. The first-order valence-corrected chi connectivity index (χ1v) is 10.3. The zero-order chi connectivity index (χ0) is 21.7. The standard InChI is InChI=1S/C23H24ClF3N2O/c1-14-9-15(2)21-16(12-28-20(21)10-14)13-29-7-5-22(30,6-8-29)17-3-4-19(24)18(11-17)23(25,26)27/h3-4,9-12,28,30H,5-8,13H2,1-2H3. The number of H-pyrrole nitrogens is 1. The van der Waals surface area contributed by atoms with Gasteiger partial charge in [0.05, 0.1) is 16.2 Å². The van der Waals surface area contributed by atoms with Crippen LogP contribution < -0.4 is 0 Å². The van der Waals surface area contributed by atoms with Crippen molar-refractivity contribution in [2.45, 2.75) is 45.0 Å². The Morgan fingerprint density at radius 2 is 1.83 bits per heavy atom. The number of aromatic amines is 1. The Morgan fingerprint density at radius 3 is 2.50 bits per heavy atom. The van der Waals surface area contributed by atoms with Crippen molar-refractivity contribution in [2.75, 3.05) is 13.1 Å². The molecule has 1 saturated heterocycles. The minimum absolute atomic E-state index is 0.275. The van der Waals surface area contributed by atoms with Gasteiger partial charge in [0.25, 0.3) is 0 Å². The molecule has 3 aromatic rings. The minimum Gasteiger partial charge on any atom is -0.385 e. The highest BCUT2D eigenvalue weighted by Gasteiger charge is 2.38. The number of fused-ring (bicyclic) bond motifs is 1. The van der Waals surface area contributed by atoms with E-state index in [-0.39, 0.29) is 10.6 Å². The van der Waals surface area contributed by atoms with Crippen molar-refractivity contribution in [2.24, 2.45) is 0 Å². The molecule has 3 nitrogen and oxygen atoms in total. The molecule has 2 heterocycles. The van der Waals surface area contributed by atoms with Crippen molar-refractivity contribution in [3.63, 3.8) is 0 Å². The maximum atomic E-state index is 13.2. The first kappa shape index (κ1) is 21.2. The van der Waals surface area contributed by atoms with Gasteiger partial charge in [-0.15, -0.1) is 0 Å². The van der Waals surface area contributed by atoms with Crippen LogP contribution in [0, 0.1) is 13.8 Å². The van der Waals surface area contributed by atoms with Crippen LogP contribution in [-0.2, 0) is 18.3 Å². The van der Waals surface area contributed by atoms with Crippen LogP contribution in [0.1, 0.15) is 40.7 Å². The lowest BCUT2D eigenvalue weighted by atomic mass is 9.83. The van der Waals surface area contributed by atoms with Crippen LogP contribution in [0.25, 0.3) is 10.9 Å². The number of benzene rings is 2. The van der Waals surface area contributed by atoms with Gasteiger partial charge >= 0.3 is 6.18 Å². The topological polar surface area (TPSA) is 39.3 Å². The number of aryl methyl sites for hydroxylation is 2. The summed E-state index contributed by atoms with van der Waals surface area (Å²) in [7, 11) is 0. The second-order valence-corrected chi connectivity index (χ2v) is 8.73. The number of aliphatic hydroxyl groups is 1. The molecule has 0 atom stereocenters. The zero-order valence-corrected chi connectivity index (χ0v) is 17.7. The third kappa shape index (κ3) is 3.96. The quantitative estimate of drug-likeness (QED) is 0.533. The van der Waals surface area contributed by atoms with E-state index in [2.05, 4.69) is 35.9 Å². The fourth-order valence-corrected chi connectivity index (χ4v) is 4.74. The number of rotatable bonds is 3. The summed E-state index contributed by atoms with van der Waals surface area (Å²) in [5.74, 6) is 0. The summed E-state index contributed by atoms with van der Waals surface area (Å²) in [5.41, 5.74) is 2.82. The molecule has 4 rings (SSSR count). The Labute approximate surface area is 178 Å². The molecule has 2 aromatic carbocycles. The summed E-state index contributed by atoms with van der Waals surface area (Å²) >= 11 is 5.73. The summed E-state index contributed by atoms with van der Waals surface area (Å²) in [4.78, 5) is 5.57. The first-order valence-electron chi connectivity index (χ1n) is 9.96. The minimum atomic E-state index is -4.55. The molecule has 30 heavy (non-hydrogen) atoms. The van der Waals surface area contributed by atoms with Crippen LogP contribution in [0.5, 0.6) is 0 Å². The fourth-order valence-electron chi connectivity index (χ4n) is 4.51. The van der Waals surface area contributed by atoms with Gasteiger partial charge in [0.1, 0.15) is 0 Å². The van der Waals surface area contributed by atoms with Crippen LogP contribution >= 0.6 is 11.6 Å². The number of aromatic nitrogens is 1. The molecule has 0 bridgehead atoms. The highest BCUT2D eigenvalue weighted by molar-refractivity contribution is 6.31. The molecule has 0 unspecified atom stereocenters. The van der Waals surface area contributed by atoms with Crippen molar-refractivity contribution in [3.05, 3.63) is 69.4 Å². The zero-order valence-electron chi connectivity index (χ0n) is 16.9. The normalized spacial score (nSPS) is 17.6. The molecule has 2 N–H and O–H groups in total. The van der Waals surface area contributed by atoms with Gasteiger partial charge in [-0.3, -0.25) is 4.90 Å². The smallest absolute Gasteiger partial charge is 0.385 e. The number of halogens is 4. The van der Waals surface area contributed by atoms with Crippen molar-refractivity contribution in [1.82, 2.24) is 9.88 Å². The molecule has 160 valence electrons. The lowest BCUT2D eigenvalue weighted by Gasteiger charge is -2.38. The Bertz CT molecular complexity index is 1080. The number of hydrogen-bond donors (Lipinski definition) is 2. The van der Waals surface area contributed by atoms with E-state index in [1.54, 1.807) is 0 Å². The molecule has 7 heteroatoms. The molecular formula is C23H24ClF3N2O. The van der Waals surface area contributed by atoms with Gasteiger partial charge in [0, 0.05) is 36.7 Å². The van der Waals surface area contributed by atoms with E-state index in [9.17, 15) is 18.3 Å². The van der Waals surface area contributed by atoms with Crippen LogP contribution in [-0.4, -0.2) is 28.1 Å². The highest BCUT2D eigenvalue weighted by Crippen LogP contribution is 2.40. The number of alkyl halides is 3. The Kier molecular flexibility index (Phi) is 5.37. The van der Waals surface area contributed by atoms with Gasteiger partial charge in [-0.05, 0) is 67.1 Å². The number of likely N-dealkylation sites (tertiary alicyclic amines) is 1. The maximum Gasteiger partial charge on any atom is 0.417 e. The molecule has 0 spiro atoms. The average molecular weight is 437 g/mol. The van der Waals surface area contributed by atoms with Crippen molar-refractivity contribution in [3.8, 4) is 0 Å². The van der Waals surface area contributed by atoms with E-state index >= 15 is 0 Å². The third-order valence-corrected chi connectivity index (χ3v) is 6.42. The summed E-state index contributed by atoms with van der Waals surface area (Å²) in [6, 6.07) is 8.00. The van der Waals surface area contributed by atoms with Crippen molar-refractivity contribution >= 4 is 22.5 Å². The monoisotopic (exact) mass is 436 g/mol. The van der Waals surface area contributed by atoms with Crippen LogP contribution in [0.2, 0.25) is 5.02 Å². The van der Waals surface area contributed by atoms with E-state index in [1.807, 2.05) is 6.20 Å². The van der Waals surface area contributed by atoms with Crippen molar-refractivity contribution in [1.29, 1.82) is 0 Å². The van der Waals surface area contributed by atoms with Gasteiger partial charge < -0.3 is 10.1 Å². The molecule has 1 aliphatic heterocycles. The number of nitrogens with one attached hydrogen (secondary N) is 1. The molecular weight excluding hydrogens is 413 g/mol. The van der Waals surface area contributed by atoms with Crippen LogP contribution in [0.15, 0.2) is 36.5 Å². The van der Waals surface area contributed by atoms with Crippen molar-refractivity contribution < 1.29 is 18.3 Å². The van der Waals surface area contributed by atoms with E-state index in [0.717, 1.165) is 18.1 Å². The van der Waals surface area contributed by atoms with Crippen LogP contribution in [0.3, 0.4) is 0 Å². The second kappa shape index (κ2) is 7.59. The van der Waals surface area contributed by atoms with Gasteiger partial charge in [0.2, 0.25) is 0 Å². The molecule has 0 aliphatic carbocycles. The molecule has 1 aromatic heterocycles. The predicted molar refractivity (Wildman–Crippen MR) is 113 cm³/mol. The summed E-state index contributed by atoms with van der Waals surface area (Å²) in [5, 5.41) is 11.9. The van der Waals surface area contributed by atoms with E-state index < -0.39 is 17.3 Å². The van der Waals surface area contributed by atoms with E-state index in [1.165, 1.54) is 34.2 Å². The summed E-state index contributed by atoms with van der Waals surface area (Å²) in [6.07, 6.45) is -1.79. The first-order chi connectivity index (χ1) is 14.1. The van der Waals surface area contributed by atoms with E-state index in [4.69, 9.17) is 11.6 Å². The van der Waals surface area contributed by atoms with Gasteiger partial charge in [-0.2, -0.15) is 13.2 Å². The summed E-state index contributed by atoms with van der Waals surface area (Å²) < 4.78 is 39.6. The Hall–Kier alpha value is -2.02. The molecule has 1 aliphatic rings. The van der Waals surface area contributed by atoms with Gasteiger partial charge in [0.15, 0.2) is 0 Å². The molecule has 1 fully saturated rings. The molecule has 0 saturated carbocycles. The largest absolute Gasteiger partial charge is 0.417 e. The molecule has 0 amide bonds. The van der Waals surface area contributed by atoms with E-state index in [0.29, 0.717) is 25.9 Å². The van der Waals surface area contributed by atoms with Crippen LogP contribution in [0.4, 0.5) is 13.2 Å². The fraction of sp³-hybridized carbons (Fsp3) is 0.391. The third-order valence-electron chi connectivity index (χ3n) is 6.09. The lowest BCUT2D eigenvalue weighted by Crippen LogP contribution is -2.42. The Morgan fingerprint density at radius 1 is 1.13 bits per heavy atom. The maximum absolute atomic E-state index is 13.2. The number of nitrogens with zero attached hydrogens (tertiary/aromatic N) is 1. The molecule has 0 radical (unpaired) electrons. The summed E-state index contributed by atoms with van der Waals surface area (Å²) in [6.45, 7) is 6.09. The highest BCUT2D eigenvalue weighted by atomic mass is 35.5. The van der Waals surface area contributed by atoms with Gasteiger partial charge in [-0.25, -0.2) is 0 Å². The number of piperidine rings is 1. The second-order valence-electron chi connectivity index (χ2n) is 8.32. The van der Waals surface area contributed by atoms with Gasteiger partial charge in [-0.1, -0.05) is 23.7 Å². The lowest BCUT2D eigenvalue weighted by molar-refractivity contribution is -0.137. The average Bonchev–Trinajstić information content (AvgIpc) is 3.06. The Balaban J connectivity index is 1.50. The predicted octanol–water partition coefficient (Wildman–Crippen LogP) is 5.94. The number of hydrogen-bond acceptors (Lipinski definition) is 2.